The van der Waals surface area contributed by atoms with Crippen LogP contribution in [0.2, 0.25) is 0 Å². The van der Waals surface area contributed by atoms with E-state index in [9.17, 15) is 0 Å². The Morgan fingerprint density at radius 3 is 3.00 bits per heavy atom. The van der Waals surface area contributed by atoms with Crippen LogP contribution in [0.3, 0.4) is 0 Å². The summed E-state index contributed by atoms with van der Waals surface area (Å²) in [5.41, 5.74) is 2.51. The summed E-state index contributed by atoms with van der Waals surface area (Å²) < 4.78 is 16.2. The maximum Gasteiger partial charge on any atom is 0.142 e. The Bertz CT molecular complexity index is 382. The number of anilines is 1. The Balaban J connectivity index is 1.71. The first-order chi connectivity index (χ1) is 9.42. The van der Waals surface area contributed by atoms with Gasteiger partial charge in [-0.15, -0.1) is 0 Å². The van der Waals surface area contributed by atoms with Gasteiger partial charge in [0.05, 0.1) is 12.3 Å². The van der Waals surface area contributed by atoms with Crippen LogP contribution in [0.4, 0.5) is 5.69 Å². The molecule has 1 aromatic carbocycles. The number of rotatable bonds is 8. The van der Waals surface area contributed by atoms with Gasteiger partial charge >= 0.3 is 0 Å². The molecule has 1 heterocycles. The first-order valence-corrected chi connectivity index (χ1v) is 6.97. The minimum absolute atomic E-state index is 0.588. The Morgan fingerprint density at radius 1 is 1.16 bits per heavy atom. The van der Waals surface area contributed by atoms with E-state index in [0.717, 1.165) is 44.0 Å². The van der Waals surface area contributed by atoms with Crippen molar-refractivity contribution in [2.24, 2.45) is 0 Å². The summed E-state index contributed by atoms with van der Waals surface area (Å²) in [7, 11) is 1.70. The fraction of sp³-hybridized carbons (Fsp3) is 0.600. The third kappa shape index (κ3) is 4.40. The van der Waals surface area contributed by atoms with Crippen molar-refractivity contribution in [1.82, 2.24) is 0 Å². The fourth-order valence-corrected chi connectivity index (χ4v) is 2.22. The van der Waals surface area contributed by atoms with Crippen molar-refractivity contribution in [3.05, 3.63) is 23.8 Å². The molecule has 4 nitrogen and oxygen atoms in total. The third-order valence-corrected chi connectivity index (χ3v) is 3.16. The van der Waals surface area contributed by atoms with Gasteiger partial charge in [-0.2, -0.15) is 0 Å². The lowest BCUT2D eigenvalue weighted by Gasteiger charge is -2.21. The van der Waals surface area contributed by atoms with Gasteiger partial charge in [-0.25, -0.2) is 0 Å². The number of hydrogen-bond acceptors (Lipinski definition) is 4. The Kier molecular flexibility index (Phi) is 5.98. The molecule has 106 valence electrons. The summed E-state index contributed by atoms with van der Waals surface area (Å²) in [5.74, 6) is 0.942. The predicted molar refractivity (Wildman–Crippen MR) is 76.1 cm³/mol. The second-order valence-electron chi connectivity index (χ2n) is 4.63. The average molecular weight is 265 g/mol. The molecule has 19 heavy (non-hydrogen) atoms. The quantitative estimate of drug-likeness (QED) is 0.733. The molecule has 0 spiro atoms. The standard InChI is InChI=1S/C15H23NO3/c1-17-9-4-10-18-11-12-19-14-7-2-5-13-6-3-8-16-15(13)14/h2,5,7,16H,3-4,6,8-12H2,1H3. The summed E-state index contributed by atoms with van der Waals surface area (Å²) in [6.07, 6.45) is 3.25. The monoisotopic (exact) mass is 265 g/mol. The zero-order valence-electron chi connectivity index (χ0n) is 11.6. The molecule has 0 unspecified atom stereocenters. The molecular formula is C15H23NO3. The number of aryl methyl sites for hydroxylation is 1. The Labute approximate surface area is 115 Å². The van der Waals surface area contributed by atoms with E-state index < -0.39 is 0 Å². The zero-order valence-corrected chi connectivity index (χ0v) is 11.6. The van der Waals surface area contributed by atoms with E-state index in [1.807, 2.05) is 6.07 Å². The molecule has 0 amide bonds. The van der Waals surface area contributed by atoms with Crippen LogP contribution in [0.25, 0.3) is 0 Å². The number of ether oxygens (including phenoxy) is 3. The number of hydrogen-bond donors (Lipinski definition) is 1. The van der Waals surface area contributed by atoms with Crippen molar-refractivity contribution in [2.45, 2.75) is 19.3 Å². The molecule has 1 aliphatic heterocycles. The molecule has 1 aliphatic rings. The maximum absolute atomic E-state index is 5.79. The van der Waals surface area contributed by atoms with Crippen molar-refractivity contribution < 1.29 is 14.2 Å². The van der Waals surface area contributed by atoms with Crippen molar-refractivity contribution in [1.29, 1.82) is 0 Å². The number of para-hydroxylation sites is 1. The summed E-state index contributed by atoms with van der Waals surface area (Å²) in [5, 5.41) is 3.42. The van der Waals surface area contributed by atoms with Crippen LogP contribution in [-0.2, 0) is 15.9 Å². The second kappa shape index (κ2) is 8.02. The van der Waals surface area contributed by atoms with Crippen LogP contribution in [0.1, 0.15) is 18.4 Å². The summed E-state index contributed by atoms with van der Waals surface area (Å²) in [6, 6.07) is 6.23. The van der Waals surface area contributed by atoms with Gasteiger partial charge in [-0.1, -0.05) is 12.1 Å². The predicted octanol–water partition coefficient (Wildman–Crippen LogP) is 2.48. The third-order valence-electron chi connectivity index (χ3n) is 3.16. The van der Waals surface area contributed by atoms with E-state index in [4.69, 9.17) is 14.2 Å². The topological polar surface area (TPSA) is 39.7 Å². The molecule has 0 aliphatic carbocycles. The van der Waals surface area contributed by atoms with E-state index in [1.54, 1.807) is 7.11 Å². The normalized spacial score (nSPS) is 13.7. The highest BCUT2D eigenvalue weighted by Gasteiger charge is 2.12. The highest BCUT2D eigenvalue weighted by Crippen LogP contribution is 2.31. The molecule has 0 bridgehead atoms. The van der Waals surface area contributed by atoms with Gasteiger partial charge < -0.3 is 19.5 Å². The number of fused-ring (bicyclic) bond motifs is 1. The van der Waals surface area contributed by atoms with Crippen LogP contribution in [0, 0.1) is 0 Å². The van der Waals surface area contributed by atoms with E-state index in [-0.39, 0.29) is 0 Å². The van der Waals surface area contributed by atoms with Gasteiger partial charge in [0.25, 0.3) is 0 Å². The van der Waals surface area contributed by atoms with Crippen LogP contribution >= 0.6 is 0 Å². The minimum Gasteiger partial charge on any atom is -0.489 e. The largest absolute Gasteiger partial charge is 0.489 e. The molecule has 4 heteroatoms. The molecule has 0 fully saturated rings. The lowest BCUT2D eigenvalue weighted by atomic mass is 10.0. The lowest BCUT2D eigenvalue weighted by molar-refractivity contribution is 0.0808. The number of nitrogens with one attached hydrogen (secondary N) is 1. The van der Waals surface area contributed by atoms with Crippen LogP contribution in [0.15, 0.2) is 18.2 Å². The van der Waals surface area contributed by atoms with Gasteiger partial charge in [0.1, 0.15) is 12.4 Å². The minimum atomic E-state index is 0.588. The lowest BCUT2D eigenvalue weighted by Crippen LogP contribution is -2.14. The average Bonchev–Trinajstić information content (AvgIpc) is 2.46. The first-order valence-electron chi connectivity index (χ1n) is 6.97. The molecule has 0 saturated heterocycles. The molecule has 1 aromatic rings. The van der Waals surface area contributed by atoms with Crippen molar-refractivity contribution in [3.8, 4) is 5.75 Å². The number of benzene rings is 1. The smallest absolute Gasteiger partial charge is 0.142 e. The van der Waals surface area contributed by atoms with Gasteiger partial charge in [0, 0.05) is 26.9 Å². The van der Waals surface area contributed by atoms with Crippen molar-refractivity contribution >= 4 is 5.69 Å². The molecule has 1 N–H and O–H groups in total. The molecule has 0 saturated carbocycles. The van der Waals surface area contributed by atoms with Gasteiger partial charge in [-0.05, 0) is 30.9 Å². The van der Waals surface area contributed by atoms with E-state index >= 15 is 0 Å². The van der Waals surface area contributed by atoms with Crippen LogP contribution in [0.5, 0.6) is 5.75 Å². The Hall–Kier alpha value is -1.26. The Morgan fingerprint density at radius 2 is 2.11 bits per heavy atom. The molecule has 0 atom stereocenters. The zero-order chi connectivity index (χ0) is 13.3. The van der Waals surface area contributed by atoms with E-state index in [2.05, 4.69) is 17.4 Å². The summed E-state index contributed by atoms with van der Waals surface area (Å²) in [4.78, 5) is 0. The first kappa shape index (κ1) is 14.2. The molecule has 0 aromatic heterocycles. The fourth-order valence-electron chi connectivity index (χ4n) is 2.22. The second-order valence-corrected chi connectivity index (χ2v) is 4.63. The molecule has 2 rings (SSSR count). The highest BCUT2D eigenvalue weighted by molar-refractivity contribution is 5.63. The van der Waals surface area contributed by atoms with Crippen LogP contribution in [-0.4, -0.2) is 40.1 Å². The SMILES string of the molecule is COCCCOCCOc1cccc2c1NCCC2. The van der Waals surface area contributed by atoms with E-state index in [1.165, 1.54) is 12.0 Å². The van der Waals surface area contributed by atoms with Gasteiger partial charge in [0.2, 0.25) is 0 Å². The maximum atomic E-state index is 5.79. The summed E-state index contributed by atoms with van der Waals surface area (Å²) in [6.45, 7) is 3.71. The molecular weight excluding hydrogens is 242 g/mol. The molecule has 0 radical (unpaired) electrons. The summed E-state index contributed by atoms with van der Waals surface area (Å²) >= 11 is 0. The number of methoxy groups -OCH3 is 1. The van der Waals surface area contributed by atoms with E-state index in [0.29, 0.717) is 13.2 Å². The van der Waals surface area contributed by atoms with Crippen molar-refractivity contribution in [2.75, 3.05) is 45.4 Å². The van der Waals surface area contributed by atoms with Gasteiger partial charge in [-0.3, -0.25) is 0 Å². The highest BCUT2D eigenvalue weighted by atomic mass is 16.5. The van der Waals surface area contributed by atoms with Gasteiger partial charge in [0.15, 0.2) is 0 Å². The van der Waals surface area contributed by atoms with Crippen LogP contribution < -0.4 is 10.1 Å². The van der Waals surface area contributed by atoms with Crippen molar-refractivity contribution in [3.63, 3.8) is 0 Å².